The average Bonchev–Trinajstić information content (AvgIpc) is 2.07. The number of nitrogens with two attached hydrogens (primary N) is 1. The fraction of sp³-hybridized carbons (Fsp3) is 0.455. The molecule has 0 saturated carbocycles. The summed E-state index contributed by atoms with van der Waals surface area (Å²) in [5, 5.41) is 0.812. The Morgan fingerprint density at radius 1 is 1.47 bits per heavy atom. The molecule has 0 fully saturated rings. The normalized spacial score (nSPS) is 11.8. The van der Waals surface area contributed by atoms with Gasteiger partial charge in [0, 0.05) is 26.5 Å². The van der Waals surface area contributed by atoms with Crippen molar-refractivity contribution in [3.63, 3.8) is 0 Å². The molecule has 1 aromatic rings. The van der Waals surface area contributed by atoms with Gasteiger partial charge in [-0.05, 0) is 31.5 Å². The van der Waals surface area contributed by atoms with Crippen LogP contribution in [0.5, 0.6) is 0 Å². The molecule has 1 rings (SSSR count). The van der Waals surface area contributed by atoms with E-state index in [4.69, 9.17) is 17.3 Å². The molecule has 0 aliphatic carbocycles. The molecule has 15 heavy (non-hydrogen) atoms. The molecule has 0 atom stereocenters. The summed E-state index contributed by atoms with van der Waals surface area (Å²) >= 11 is 11.3. The van der Waals surface area contributed by atoms with Crippen LogP contribution in [0.3, 0.4) is 0 Å². The topological polar surface area (TPSA) is 26.0 Å². The quantitative estimate of drug-likeness (QED) is 0.907. The van der Waals surface area contributed by atoms with Crippen molar-refractivity contribution in [2.75, 3.05) is 5.75 Å². The Balaban J connectivity index is 2.51. The van der Waals surface area contributed by atoms with Gasteiger partial charge in [0.05, 0.1) is 0 Å². The van der Waals surface area contributed by atoms with E-state index in [0.717, 1.165) is 26.6 Å². The van der Waals surface area contributed by atoms with Gasteiger partial charge in [0.15, 0.2) is 0 Å². The Morgan fingerprint density at radius 3 is 2.67 bits per heavy atom. The van der Waals surface area contributed by atoms with Crippen LogP contribution in [0.1, 0.15) is 19.4 Å². The predicted molar refractivity (Wildman–Crippen MR) is 73.6 cm³/mol. The third kappa shape index (κ3) is 5.25. The van der Waals surface area contributed by atoms with Crippen molar-refractivity contribution < 1.29 is 0 Å². The van der Waals surface area contributed by atoms with Crippen molar-refractivity contribution in [3.8, 4) is 0 Å². The van der Waals surface area contributed by atoms with E-state index in [2.05, 4.69) is 15.9 Å². The molecule has 0 amide bonds. The summed E-state index contributed by atoms with van der Waals surface area (Å²) < 4.78 is 1.01. The molecule has 1 aromatic carbocycles. The van der Waals surface area contributed by atoms with Gasteiger partial charge in [-0.15, -0.1) is 0 Å². The lowest BCUT2D eigenvalue weighted by molar-refractivity contribution is 0.591. The highest BCUT2D eigenvalue weighted by atomic mass is 79.9. The highest BCUT2D eigenvalue weighted by Gasteiger charge is 2.10. The molecular formula is C11H15BrClNS. The van der Waals surface area contributed by atoms with Crippen LogP contribution in [0, 0.1) is 0 Å². The van der Waals surface area contributed by atoms with Crippen molar-refractivity contribution in [3.05, 3.63) is 33.3 Å². The summed E-state index contributed by atoms with van der Waals surface area (Å²) in [6.07, 6.45) is 0. The molecule has 0 unspecified atom stereocenters. The largest absolute Gasteiger partial charge is 0.325 e. The summed E-state index contributed by atoms with van der Waals surface area (Å²) in [5.41, 5.74) is 6.94. The Labute approximate surface area is 109 Å². The molecule has 2 N–H and O–H groups in total. The summed E-state index contributed by atoms with van der Waals surface area (Å²) in [6.45, 7) is 4.06. The van der Waals surface area contributed by atoms with Crippen LogP contribution >= 0.6 is 39.3 Å². The number of hydrogen-bond acceptors (Lipinski definition) is 2. The Hall–Kier alpha value is 0.300. The second kappa shape index (κ2) is 5.58. The van der Waals surface area contributed by atoms with E-state index in [9.17, 15) is 0 Å². The van der Waals surface area contributed by atoms with Crippen LogP contribution in [0.2, 0.25) is 5.02 Å². The van der Waals surface area contributed by atoms with E-state index in [1.165, 1.54) is 0 Å². The number of thioether (sulfide) groups is 1. The maximum Gasteiger partial charge on any atom is 0.0457 e. The minimum Gasteiger partial charge on any atom is -0.325 e. The fourth-order valence-corrected chi connectivity index (χ4v) is 2.98. The van der Waals surface area contributed by atoms with E-state index < -0.39 is 0 Å². The van der Waals surface area contributed by atoms with E-state index >= 15 is 0 Å². The Kier molecular flexibility index (Phi) is 4.97. The van der Waals surface area contributed by atoms with Gasteiger partial charge in [-0.2, -0.15) is 11.8 Å². The van der Waals surface area contributed by atoms with Gasteiger partial charge >= 0.3 is 0 Å². The van der Waals surface area contributed by atoms with Crippen LogP contribution in [-0.4, -0.2) is 11.3 Å². The molecule has 0 bridgehead atoms. The molecule has 84 valence electrons. The molecule has 0 aliphatic rings. The first kappa shape index (κ1) is 13.4. The lowest BCUT2D eigenvalue weighted by Gasteiger charge is -2.17. The van der Waals surface area contributed by atoms with E-state index in [1.807, 2.05) is 43.8 Å². The molecule has 4 heteroatoms. The van der Waals surface area contributed by atoms with Crippen molar-refractivity contribution in [1.82, 2.24) is 0 Å². The molecule has 0 radical (unpaired) electrons. The van der Waals surface area contributed by atoms with Crippen molar-refractivity contribution in [2.24, 2.45) is 5.73 Å². The van der Waals surface area contributed by atoms with Gasteiger partial charge in [-0.3, -0.25) is 0 Å². The molecule has 0 saturated heterocycles. The minimum atomic E-state index is -0.119. The lowest BCUT2D eigenvalue weighted by Crippen LogP contribution is -2.34. The fourth-order valence-electron chi connectivity index (χ4n) is 1.06. The minimum absolute atomic E-state index is 0.119. The van der Waals surface area contributed by atoms with Crippen LogP contribution in [0.4, 0.5) is 0 Å². The third-order valence-electron chi connectivity index (χ3n) is 1.75. The summed E-state index contributed by atoms with van der Waals surface area (Å²) in [5.74, 6) is 1.84. The number of hydrogen-bond donors (Lipinski definition) is 1. The lowest BCUT2D eigenvalue weighted by atomic mass is 10.1. The smallest absolute Gasteiger partial charge is 0.0457 e. The second-order valence-corrected chi connectivity index (χ2v) is 6.53. The SMILES string of the molecule is CC(C)(N)CSCc1ccc(Br)cc1Cl. The van der Waals surface area contributed by atoms with E-state index in [1.54, 1.807) is 0 Å². The predicted octanol–water partition coefficient (Wildman–Crippen LogP) is 4.07. The van der Waals surface area contributed by atoms with E-state index in [0.29, 0.717) is 0 Å². The molecule has 0 aromatic heterocycles. The second-order valence-electron chi connectivity index (χ2n) is 4.22. The zero-order valence-corrected chi connectivity index (χ0v) is 12.0. The standard InChI is InChI=1S/C11H15BrClNS/c1-11(2,14)7-15-6-8-3-4-9(12)5-10(8)13/h3-5H,6-7,14H2,1-2H3. The number of benzene rings is 1. The Morgan fingerprint density at radius 2 is 2.13 bits per heavy atom. The number of halogens is 2. The molecule has 0 spiro atoms. The molecule has 1 nitrogen and oxygen atoms in total. The first-order valence-corrected chi connectivity index (χ1v) is 7.01. The average molecular weight is 309 g/mol. The van der Waals surface area contributed by atoms with Crippen LogP contribution in [0.15, 0.2) is 22.7 Å². The molecule has 0 aliphatic heterocycles. The summed E-state index contributed by atoms with van der Waals surface area (Å²) in [7, 11) is 0. The van der Waals surface area contributed by atoms with Crippen molar-refractivity contribution in [1.29, 1.82) is 0 Å². The first-order chi connectivity index (χ1) is 6.88. The van der Waals surface area contributed by atoms with Gasteiger partial charge in [-0.25, -0.2) is 0 Å². The maximum absolute atomic E-state index is 6.10. The first-order valence-electron chi connectivity index (χ1n) is 4.69. The van der Waals surface area contributed by atoms with Gasteiger partial charge in [0.25, 0.3) is 0 Å². The summed E-state index contributed by atoms with van der Waals surface area (Å²) in [4.78, 5) is 0. The zero-order chi connectivity index (χ0) is 11.5. The van der Waals surface area contributed by atoms with Gasteiger partial charge in [0.2, 0.25) is 0 Å². The zero-order valence-electron chi connectivity index (χ0n) is 8.89. The third-order valence-corrected chi connectivity index (χ3v) is 4.06. The van der Waals surface area contributed by atoms with Crippen LogP contribution < -0.4 is 5.73 Å². The molecular weight excluding hydrogens is 294 g/mol. The molecule has 0 heterocycles. The maximum atomic E-state index is 6.10. The van der Waals surface area contributed by atoms with Gasteiger partial charge in [-0.1, -0.05) is 33.6 Å². The summed E-state index contributed by atoms with van der Waals surface area (Å²) in [6, 6.07) is 5.98. The van der Waals surface area contributed by atoms with Crippen molar-refractivity contribution in [2.45, 2.75) is 25.1 Å². The van der Waals surface area contributed by atoms with Gasteiger partial charge in [0.1, 0.15) is 0 Å². The van der Waals surface area contributed by atoms with E-state index in [-0.39, 0.29) is 5.54 Å². The Bertz CT molecular complexity index is 336. The number of rotatable bonds is 4. The van der Waals surface area contributed by atoms with Crippen molar-refractivity contribution >= 4 is 39.3 Å². The highest BCUT2D eigenvalue weighted by Crippen LogP contribution is 2.25. The van der Waals surface area contributed by atoms with Crippen LogP contribution in [0.25, 0.3) is 0 Å². The highest BCUT2D eigenvalue weighted by molar-refractivity contribution is 9.10. The van der Waals surface area contributed by atoms with Gasteiger partial charge < -0.3 is 5.73 Å². The monoisotopic (exact) mass is 307 g/mol. The van der Waals surface area contributed by atoms with Crippen LogP contribution in [-0.2, 0) is 5.75 Å².